The first kappa shape index (κ1) is 14.1. The van der Waals surface area contributed by atoms with Crippen LogP contribution in [0.2, 0.25) is 0 Å². The van der Waals surface area contributed by atoms with Gasteiger partial charge in [0.15, 0.2) is 0 Å². The summed E-state index contributed by atoms with van der Waals surface area (Å²) < 4.78 is 0. The molecule has 2 aromatic rings. The highest BCUT2D eigenvalue weighted by Gasteiger charge is 2.27. The van der Waals surface area contributed by atoms with E-state index in [1.807, 2.05) is 17.0 Å². The Hall–Kier alpha value is -1.81. The maximum atomic E-state index is 12.5. The number of H-pyrrole nitrogens is 1. The first-order valence-electron chi connectivity index (χ1n) is 7.69. The number of aromatic amines is 1. The van der Waals surface area contributed by atoms with Gasteiger partial charge in [0.1, 0.15) is 0 Å². The van der Waals surface area contributed by atoms with Gasteiger partial charge < -0.3 is 15.6 Å². The highest BCUT2D eigenvalue weighted by Crippen LogP contribution is 2.27. The van der Waals surface area contributed by atoms with E-state index in [-0.39, 0.29) is 11.9 Å². The van der Waals surface area contributed by atoms with E-state index in [1.54, 1.807) is 0 Å². The van der Waals surface area contributed by atoms with Gasteiger partial charge in [0, 0.05) is 41.7 Å². The number of hydrogen-bond donors (Lipinski definition) is 2. The maximum absolute atomic E-state index is 12.5. The highest BCUT2D eigenvalue weighted by atomic mass is 16.2. The minimum atomic E-state index is -0.378. The summed E-state index contributed by atoms with van der Waals surface area (Å²) in [6.45, 7) is 5.62. The van der Waals surface area contributed by atoms with E-state index in [4.69, 9.17) is 5.73 Å². The molecule has 4 nitrogen and oxygen atoms in total. The van der Waals surface area contributed by atoms with Crippen molar-refractivity contribution in [2.24, 2.45) is 11.7 Å². The third kappa shape index (κ3) is 2.68. The molecule has 0 radical (unpaired) electrons. The zero-order valence-corrected chi connectivity index (χ0v) is 12.7. The van der Waals surface area contributed by atoms with Gasteiger partial charge in [-0.05, 0) is 18.4 Å². The van der Waals surface area contributed by atoms with Crippen molar-refractivity contribution in [1.29, 1.82) is 0 Å². The molecule has 4 heteroatoms. The van der Waals surface area contributed by atoms with Crippen LogP contribution >= 0.6 is 0 Å². The molecule has 1 aliphatic heterocycles. The molecule has 0 spiro atoms. The quantitative estimate of drug-likeness (QED) is 0.909. The number of aromatic nitrogens is 1. The summed E-state index contributed by atoms with van der Waals surface area (Å²) in [5.74, 6) is 0.525. The van der Waals surface area contributed by atoms with Gasteiger partial charge in [0.05, 0.1) is 6.04 Å². The number of amides is 1. The molecule has 1 aromatic heterocycles. The minimum absolute atomic E-state index is 0.0830. The van der Waals surface area contributed by atoms with Gasteiger partial charge in [-0.1, -0.05) is 32.0 Å². The van der Waals surface area contributed by atoms with Crippen LogP contribution < -0.4 is 5.73 Å². The van der Waals surface area contributed by atoms with Crippen LogP contribution in [0.25, 0.3) is 10.9 Å². The highest BCUT2D eigenvalue weighted by molar-refractivity contribution is 5.87. The van der Waals surface area contributed by atoms with Crippen LogP contribution in [0.1, 0.15) is 31.5 Å². The van der Waals surface area contributed by atoms with Gasteiger partial charge in [0.2, 0.25) is 5.91 Å². The molecular formula is C17H23N3O. The number of benzene rings is 1. The van der Waals surface area contributed by atoms with Gasteiger partial charge in [-0.25, -0.2) is 0 Å². The Morgan fingerprint density at radius 3 is 2.90 bits per heavy atom. The van der Waals surface area contributed by atoms with Crippen molar-refractivity contribution in [3.8, 4) is 0 Å². The molecule has 0 saturated carbocycles. The summed E-state index contributed by atoms with van der Waals surface area (Å²) in [4.78, 5) is 17.9. The Labute approximate surface area is 125 Å². The summed E-state index contributed by atoms with van der Waals surface area (Å²) >= 11 is 0. The van der Waals surface area contributed by atoms with Gasteiger partial charge in [0.25, 0.3) is 0 Å². The molecule has 1 atom stereocenters. The van der Waals surface area contributed by atoms with E-state index >= 15 is 0 Å². The molecule has 1 aliphatic rings. The molecule has 3 N–H and O–H groups in total. The Balaban J connectivity index is 1.82. The van der Waals surface area contributed by atoms with Crippen LogP contribution in [-0.2, 0) is 17.8 Å². The zero-order valence-electron chi connectivity index (χ0n) is 12.7. The predicted molar refractivity (Wildman–Crippen MR) is 84.9 cm³/mol. The molecule has 21 heavy (non-hydrogen) atoms. The molecule has 0 bridgehead atoms. The first-order valence-corrected chi connectivity index (χ1v) is 7.69. The number of para-hydroxylation sites is 1. The van der Waals surface area contributed by atoms with E-state index in [1.165, 1.54) is 16.6 Å². The van der Waals surface area contributed by atoms with Crippen LogP contribution in [0.3, 0.4) is 0 Å². The third-order valence-corrected chi connectivity index (χ3v) is 4.24. The lowest BCUT2D eigenvalue weighted by Crippen LogP contribution is -2.46. The molecule has 0 saturated heterocycles. The fraction of sp³-hybridized carbons (Fsp3) is 0.471. The molecule has 3 rings (SSSR count). The Morgan fingerprint density at radius 2 is 2.14 bits per heavy atom. The summed E-state index contributed by atoms with van der Waals surface area (Å²) in [6, 6.07) is 7.90. The van der Waals surface area contributed by atoms with E-state index in [9.17, 15) is 4.79 Å². The van der Waals surface area contributed by atoms with Crippen molar-refractivity contribution in [3.63, 3.8) is 0 Å². The number of carbonyl (C=O) groups excluding carboxylic acids is 1. The number of fused-ring (bicyclic) bond motifs is 3. The third-order valence-electron chi connectivity index (χ3n) is 4.24. The van der Waals surface area contributed by atoms with E-state index in [0.717, 1.165) is 24.9 Å². The van der Waals surface area contributed by atoms with Crippen LogP contribution in [0, 0.1) is 5.92 Å². The van der Waals surface area contributed by atoms with Crippen LogP contribution in [0.15, 0.2) is 24.3 Å². The smallest absolute Gasteiger partial charge is 0.239 e. The molecule has 112 valence electrons. The number of nitrogens with zero attached hydrogens (tertiary/aromatic N) is 1. The van der Waals surface area contributed by atoms with Gasteiger partial charge in [-0.15, -0.1) is 0 Å². The topological polar surface area (TPSA) is 62.1 Å². The van der Waals surface area contributed by atoms with Gasteiger partial charge >= 0.3 is 0 Å². The van der Waals surface area contributed by atoms with Gasteiger partial charge in [-0.2, -0.15) is 0 Å². The van der Waals surface area contributed by atoms with Gasteiger partial charge in [-0.3, -0.25) is 4.79 Å². The standard InChI is InChI=1S/C17H23N3O/c1-11(2)9-14(18)17(21)20-8-7-16-13(10-20)12-5-3-4-6-15(12)19-16/h3-6,11,14,19H,7-10,18H2,1-2H3/t14-/m0/s1. The summed E-state index contributed by atoms with van der Waals surface area (Å²) in [5, 5.41) is 1.22. The molecular weight excluding hydrogens is 262 g/mol. The molecule has 1 amide bonds. The fourth-order valence-corrected chi connectivity index (χ4v) is 3.20. The number of hydrogen-bond acceptors (Lipinski definition) is 2. The Morgan fingerprint density at radius 1 is 1.38 bits per heavy atom. The normalized spacial score (nSPS) is 16.3. The van der Waals surface area contributed by atoms with Crippen molar-refractivity contribution in [3.05, 3.63) is 35.5 Å². The molecule has 0 fully saturated rings. The number of nitrogens with two attached hydrogens (primary N) is 1. The molecule has 0 aliphatic carbocycles. The Bertz CT molecular complexity index is 659. The second-order valence-electron chi connectivity index (χ2n) is 6.37. The van der Waals surface area contributed by atoms with Crippen LogP contribution in [-0.4, -0.2) is 28.4 Å². The van der Waals surface area contributed by atoms with Crippen molar-refractivity contribution in [2.75, 3.05) is 6.54 Å². The number of rotatable bonds is 3. The van der Waals surface area contributed by atoms with E-state index < -0.39 is 0 Å². The van der Waals surface area contributed by atoms with Crippen LogP contribution in [0.5, 0.6) is 0 Å². The van der Waals surface area contributed by atoms with Crippen LogP contribution in [0.4, 0.5) is 0 Å². The summed E-state index contributed by atoms with van der Waals surface area (Å²) in [6.07, 6.45) is 1.63. The molecule has 0 unspecified atom stereocenters. The number of nitrogens with one attached hydrogen (secondary N) is 1. The lowest BCUT2D eigenvalue weighted by atomic mass is 10.0. The molecule has 1 aromatic carbocycles. The second kappa shape index (κ2) is 5.53. The minimum Gasteiger partial charge on any atom is -0.358 e. The number of carbonyl (C=O) groups is 1. The van der Waals surface area contributed by atoms with Crippen molar-refractivity contribution >= 4 is 16.8 Å². The molecule has 2 heterocycles. The average Bonchev–Trinajstić information content (AvgIpc) is 2.83. The monoisotopic (exact) mass is 285 g/mol. The second-order valence-corrected chi connectivity index (χ2v) is 6.37. The maximum Gasteiger partial charge on any atom is 0.239 e. The lowest BCUT2D eigenvalue weighted by Gasteiger charge is -2.30. The van der Waals surface area contributed by atoms with Crippen molar-refractivity contribution < 1.29 is 4.79 Å². The summed E-state index contributed by atoms with van der Waals surface area (Å²) in [7, 11) is 0. The first-order chi connectivity index (χ1) is 10.1. The average molecular weight is 285 g/mol. The van der Waals surface area contributed by atoms with Crippen molar-refractivity contribution in [2.45, 2.75) is 39.3 Å². The Kier molecular flexibility index (Phi) is 3.72. The summed E-state index contributed by atoms with van der Waals surface area (Å²) in [5.41, 5.74) is 9.73. The van der Waals surface area contributed by atoms with Crippen molar-refractivity contribution in [1.82, 2.24) is 9.88 Å². The lowest BCUT2D eigenvalue weighted by molar-refractivity contribution is -0.133. The fourth-order valence-electron chi connectivity index (χ4n) is 3.20. The SMILES string of the molecule is CC(C)C[C@H](N)C(=O)N1CCc2[nH]c3ccccc3c2C1. The predicted octanol–water partition coefficient (Wildman–Crippen LogP) is 2.43. The largest absolute Gasteiger partial charge is 0.358 e. The van der Waals surface area contributed by atoms with E-state index in [0.29, 0.717) is 12.5 Å². The van der Waals surface area contributed by atoms with E-state index in [2.05, 4.69) is 31.0 Å². The zero-order chi connectivity index (χ0) is 15.0.